The van der Waals surface area contributed by atoms with Gasteiger partial charge in [0, 0.05) is 37.7 Å². The molecule has 4 aliphatic rings. The second-order valence-corrected chi connectivity index (χ2v) is 11.8. The molecule has 43 heavy (non-hydrogen) atoms. The minimum absolute atomic E-state index is 0.0243. The molecule has 15 heteroatoms. The lowest BCUT2D eigenvalue weighted by atomic mass is 9.99. The number of likely N-dealkylation sites (tertiary alicyclic amines) is 1. The zero-order valence-electron chi connectivity index (χ0n) is 23.2. The molecule has 2 aliphatic carbocycles. The number of ether oxygens (including phenoxy) is 1. The van der Waals surface area contributed by atoms with E-state index in [4.69, 9.17) is 4.74 Å². The summed E-state index contributed by atoms with van der Waals surface area (Å²) in [7, 11) is 1.26. The zero-order valence-corrected chi connectivity index (χ0v) is 23.2. The highest BCUT2D eigenvalue weighted by Crippen LogP contribution is 2.40. The van der Waals surface area contributed by atoms with Crippen LogP contribution in [0.3, 0.4) is 0 Å². The van der Waals surface area contributed by atoms with Crippen LogP contribution >= 0.6 is 0 Å². The van der Waals surface area contributed by atoms with Crippen LogP contribution < -0.4 is 15.4 Å². The van der Waals surface area contributed by atoms with E-state index in [9.17, 15) is 46.4 Å². The highest BCUT2D eigenvalue weighted by atomic mass is 19.4. The van der Waals surface area contributed by atoms with Crippen molar-refractivity contribution in [2.75, 3.05) is 13.6 Å². The Kier molecular flexibility index (Phi) is 8.00. The standard InChI is InChI=1S/C28H30F5N5O5/c1-37(23(39)20(6-14-2-3-14)36-26(42)28(31,32)33)21(7-15-4-5-15)24(40)38-13-27(10-17(38)11-34)25(41)35-12-18-19(30)8-16(29)9-22(18)43-27/h8-9,14-15,17,20-21H,2-7,10,12-13H2,1H3,(H,35,41)(H,36,42)/t17-,20-,21-,27+/m0/s1. The molecule has 1 aromatic rings. The fourth-order valence-corrected chi connectivity index (χ4v) is 5.72. The Labute approximate surface area is 243 Å². The van der Waals surface area contributed by atoms with Crippen LogP contribution in [-0.4, -0.2) is 76.9 Å². The number of benzene rings is 1. The van der Waals surface area contributed by atoms with Crippen LogP contribution in [0, 0.1) is 34.8 Å². The number of nitrogens with one attached hydrogen (secondary N) is 2. The molecular weight excluding hydrogens is 581 g/mol. The monoisotopic (exact) mass is 611 g/mol. The average Bonchev–Trinajstić information content (AvgIpc) is 3.87. The van der Waals surface area contributed by atoms with Gasteiger partial charge in [-0.05, 0) is 24.7 Å². The molecule has 2 heterocycles. The molecule has 4 amide bonds. The fraction of sp³-hybridized carbons (Fsp3) is 0.607. The largest absolute Gasteiger partial charge is 0.475 e. The summed E-state index contributed by atoms with van der Waals surface area (Å²) < 4.78 is 73.4. The molecule has 0 bridgehead atoms. The van der Waals surface area contributed by atoms with Gasteiger partial charge in [0.05, 0.1) is 12.6 Å². The summed E-state index contributed by atoms with van der Waals surface area (Å²) in [6, 6.07) is -0.460. The Morgan fingerprint density at radius 3 is 2.44 bits per heavy atom. The van der Waals surface area contributed by atoms with E-state index in [2.05, 4.69) is 5.32 Å². The SMILES string of the molecule is CN(C(=O)[C@H](CC1CC1)NC(=O)C(F)(F)F)[C@@H](CC1CC1)C(=O)N1C[C@@]2(C[C@H]1C#N)Oc1cc(F)cc(F)c1CNC2=O. The van der Waals surface area contributed by atoms with Crippen molar-refractivity contribution in [2.24, 2.45) is 11.8 Å². The van der Waals surface area contributed by atoms with Crippen LogP contribution in [0.4, 0.5) is 22.0 Å². The summed E-state index contributed by atoms with van der Waals surface area (Å²) >= 11 is 0. The van der Waals surface area contributed by atoms with E-state index in [1.54, 1.807) is 5.32 Å². The number of halogens is 5. The number of amides is 4. The van der Waals surface area contributed by atoms with Crippen LogP contribution in [0.25, 0.3) is 0 Å². The normalized spacial score (nSPS) is 24.6. The topological polar surface area (TPSA) is 132 Å². The highest BCUT2D eigenvalue weighted by Gasteiger charge is 2.56. The Morgan fingerprint density at radius 2 is 1.84 bits per heavy atom. The van der Waals surface area contributed by atoms with Crippen LogP contribution in [0.15, 0.2) is 12.1 Å². The predicted molar refractivity (Wildman–Crippen MR) is 137 cm³/mol. The van der Waals surface area contributed by atoms with Crippen LogP contribution in [0.5, 0.6) is 5.75 Å². The van der Waals surface area contributed by atoms with E-state index in [1.165, 1.54) is 7.05 Å². The molecule has 0 aromatic heterocycles. The lowest BCUT2D eigenvalue weighted by molar-refractivity contribution is -0.175. The maximum absolute atomic E-state index is 14.4. The lowest BCUT2D eigenvalue weighted by Crippen LogP contribution is -2.58. The molecule has 0 unspecified atom stereocenters. The molecule has 3 fully saturated rings. The Bertz CT molecular complexity index is 1370. The van der Waals surface area contributed by atoms with Gasteiger partial charge in [-0.15, -0.1) is 0 Å². The summed E-state index contributed by atoms with van der Waals surface area (Å²) in [5.74, 6) is -6.78. The summed E-state index contributed by atoms with van der Waals surface area (Å²) in [6.45, 7) is -0.798. The van der Waals surface area contributed by atoms with Gasteiger partial charge in [0.25, 0.3) is 5.91 Å². The number of hydrogen-bond acceptors (Lipinski definition) is 6. The third-order valence-electron chi connectivity index (χ3n) is 8.50. The first kappa shape index (κ1) is 30.5. The molecule has 1 aromatic carbocycles. The minimum atomic E-state index is -5.21. The number of rotatable bonds is 8. The molecule has 2 saturated carbocycles. The number of likely N-dealkylation sites (N-methyl/N-ethyl adjacent to an activating group) is 1. The Morgan fingerprint density at radius 1 is 1.19 bits per heavy atom. The average molecular weight is 612 g/mol. The summed E-state index contributed by atoms with van der Waals surface area (Å²) in [5.41, 5.74) is -1.98. The smallest absolute Gasteiger partial charge is 0.471 e. The van der Waals surface area contributed by atoms with Crippen LogP contribution in [-0.2, 0) is 25.7 Å². The second kappa shape index (κ2) is 11.3. The van der Waals surface area contributed by atoms with Crippen molar-refractivity contribution in [1.82, 2.24) is 20.4 Å². The Balaban J connectivity index is 1.40. The first-order valence-electron chi connectivity index (χ1n) is 14.0. The minimum Gasteiger partial charge on any atom is -0.475 e. The van der Waals surface area contributed by atoms with E-state index in [0.29, 0.717) is 18.9 Å². The van der Waals surface area contributed by atoms with Crippen molar-refractivity contribution in [3.8, 4) is 11.8 Å². The number of carbonyl (C=O) groups is 4. The first-order chi connectivity index (χ1) is 20.2. The molecule has 1 saturated heterocycles. The molecule has 1 spiro atoms. The third-order valence-corrected chi connectivity index (χ3v) is 8.50. The van der Waals surface area contributed by atoms with Crippen molar-refractivity contribution >= 4 is 23.6 Å². The maximum atomic E-state index is 14.4. The quantitative estimate of drug-likeness (QED) is 0.434. The van der Waals surface area contributed by atoms with Gasteiger partial charge in [-0.25, -0.2) is 8.78 Å². The van der Waals surface area contributed by atoms with Gasteiger partial charge in [-0.1, -0.05) is 25.7 Å². The summed E-state index contributed by atoms with van der Waals surface area (Å²) in [5, 5.41) is 14.2. The van der Waals surface area contributed by atoms with Gasteiger partial charge in [0.2, 0.25) is 17.4 Å². The van der Waals surface area contributed by atoms with Crippen molar-refractivity contribution < 1.29 is 45.9 Å². The molecule has 5 rings (SSSR count). The predicted octanol–water partition coefficient (Wildman–Crippen LogP) is 2.31. The number of nitrogens with zero attached hydrogens (tertiary/aromatic N) is 3. The maximum Gasteiger partial charge on any atom is 0.471 e. The van der Waals surface area contributed by atoms with Gasteiger partial charge in [-0.2, -0.15) is 18.4 Å². The number of fused-ring (bicyclic) bond motifs is 1. The van der Waals surface area contributed by atoms with E-state index in [0.717, 1.165) is 28.7 Å². The van der Waals surface area contributed by atoms with Crippen molar-refractivity contribution in [2.45, 2.75) is 81.4 Å². The molecule has 2 N–H and O–H groups in total. The van der Waals surface area contributed by atoms with E-state index < -0.39 is 71.7 Å². The van der Waals surface area contributed by atoms with Crippen LogP contribution in [0.1, 0.15) is 50.5 Å². The van der Waals surface area contributed by atoms with Crippen molar-refractivity contribution in [1.29, 1.82) is 5.26 Å². The van der Waals surface area contributed by atoms with Crippen molar-refractivity contribution in [3.63, 3.8) is 0 Å². The zero-order chi connectivity index (χ0) is 31.3. The number of hydrogen-bond donors (Lipinski definition) is 2. The lowest BCUT2D eigenvalue weighted by Gasteiger charge is -2.34. The van der Waals surface area contributed by atoms with Gasteiger partial charge in [0.15, 0.2) is 0 Å². The van der Waals surface area contributed by atoms with E-state index in [1.807, 2.05) is 6.07 Å². The molecule has 10 nitrogen and oxygen atoms in total. The molecule has 4 atom stereocenters. The Hall–Kier alpha value is -3.96. The first-order valence-corrected chi connectivity index (χ1v) is 14.0. The third kappa shape index (κ3) is 6.37. The second-order valence-electron chi connectivity index (χ2n) is 11.8. The molecule has 2 aliphatic heterocycles. The molecular formula is C28H30F5N5O5. The van der Waals surface area contributed by atoms with E-state index in [-0.39, 0.29) is 49.0 Å². The van der Waals surface area contributed by atoms with Gasteiger partial charge in [-0.3, -0.25) is 19.2 Å². The van der Waals surface area contributed by atoms with Crippen molar-refractivity contribution in [3.05, 3.63) is 29.3 Å². The van der Waals surface area contributed by atoms with Gasteiger partial charge >= 0.3 is 12.1 Å². The summed E-state index contributed by atoms with van der Waals surface area (Å²) in [4.78, 5) is 54.6. The fourth-order valence-electron chi connectivity index (χ4n) is 5.72. The van der Waals surface area contributed by atoms with Gasteiger partial charge < -0.3 is 25.2 Å². The highest BCUT2D eigenvalue weighted by molar-refractivity contribution is 5.94. The molecule has 232 valence electrons. The van der Waals surface area contributed by atoms with Crippen LogP contribution in [0.2, 0.25) is 0 Å². The number of carbonyl (C=O) groups excluding carboxylic acids is 4. The summed E-state index contributed by atoms with van der Waals surface area (Å²) in [6.07, 6.45) is -2.52. The number of alkyl halides is 3. The van der Waals surface area contributed by atoms with E-state index >= 15 is 0 Å². The number of nitriles is 1. The molecule has 0 radical (unpaired) electrons. The van der Waals surface area contributed by atoms with Gasteiger partial charge in [0.1, 0.15) is 35.5 Å².